The van der Waals surface area contributed by atoms with Crippen molar-refractivity contribution in [2.24, 2.45) is 5.73 Å². The van der Waals surface area contributed by atoms with Crippen LogP contribution in [0.15, 0.2) is 48.5 Å². The van der Waals surface area contributed by atoms with E-state index in [1.54, 1.807) is 24.3 Å². The van der Waals surface area contributed by atoms with Crippen LogP contribution in [-0.2, 0) is 11.3 Å². The monoisotopic (exact) mass is 427 g/mol. The molecule has 6 nitrogen and oxygen atoms in total. The molecule has 3 N–H and O–H groups in total. The summed E-state index contributed by atoms with van der Waals surface area (Å²) in [5.74, 6) is -0.418. The van der Waals surface area contributed by atoms with Crippen molar-refractivity contribution in [2.45, 2.75) is 50.4 Å². The average molecular weight is 428 g/mol. The van der Waals surface area contributed by atoms with Crippen molar-refractivity contribution in [2.75, 3.05) is 6.61 Å². The largest absolute Gasteiger partial charge is 0.483 e. The molecule has 2 aromatic rings. The minimum Gasteiger partial charge on any atom is -0.483 e. The van der Waals surface area contributed by atoms with Crippen LogP contribution in [0.4, 0.5) is 0 Å². The SMILES string of the molecule is NC(=O)c1ccccc1OCC(=O)NC1C[C@H]2CC[C@@H](C1)N2Cc1ccc(Cl)cc1. The number of primary amides is 1. The van der Waals surface area contributed by atoms with E-state index in [9.17, 15) is 9.59 Å². The number of carbonyl (C=O) groups is 2. The maximum Gasteiger partial charge on any atom is 0.258 e. The van der Waals surface area contributed by atoms with Crippen molar-refractivity contribution in [3.05, 3.63) is 64.7 Å². The maximum atomic E-state index is 12.4. The van der Waals surface area contributed by atoms with Crippen LogP contribution in [0.25, 0.3) is 0 Å². The van der Waals surface area contributed by atoms with Crippen molar-refractivity contribution in [1.82, 2.24) is 10.2 Å². The van der Waals surface area contributed by atoms with Gasteiger partial charge in [0.1, 0.15) is 5.75 Å². The van der Waals surface area contributed by atoms with E-state index < -0.39 is 5.91 Å². The first-order valence-corrected chi connectivity index (χ1v) is 10.7. The first kappa shape index (κ1) is 20.7. The summed E-state index contributed by atoms with van der Waals surface area (Å²) in [6.07, 6.45) is 4.20. The zero-order valence-corrected chi connectivity index (χ0v) is 17.5. The maximum absolute atomic E-state index is 12.4. The summed E-state index contributed by atoms with van der Waals surface area (Å²) in [6, 6.07) is 15.8. The highest BCUT2D eigenvalue weighted by Crippen LogP contribution is 2.37. The summed E-state index contributed by atoms with van der Waals surface area (Å²) in [5.41, 5.74) is 6.89. The van der Waals surface area contributed by atoms with E-state index in [1.807, 2.05) is 12.1 Å². The van der Waals surface area contributed by atoms with Gasteiger partial charge in [0.2, 0.25) is 0 Å². The van der Waals surface area contributed by atoms with E-state index in [1.165, 1.54) is 5.56 Å². The number of hydrogen-bond acceptors (Lipinski definition) is 4. The first-order chi connectivity index (χ1) is 14.5. The quantitative estimate of drug-likeness (QED) is 0.711. The van der Waals surface area contributed by atoms with Crippen molar-refractivity contribution in [3.63, 3.8) is 0 Å². The topological polar surface area (TPSA) is 84.7 Å². The van der Waals surface area contributed by atoms with Crippen LogP contribution in [0.3, 0.4) is 0 Å². The normalized spacial score (nSPS) is 23.2. The van der Waals surface area contributed by atoms with E-state index in [0.29, 0.717) is 17.8 Å². The molecule has 1 unspecified atom stereocenters. The highest BCUT2D eigenvalue weighted by atomic mass is 35.5. The van der Waals surface area contributed by atoms with Gasteiger partial charge >= 0.3 is 0 Å². The molecule has 2 heterocycles. The lowest BCUT2D eigenvalue weighted by Crippen LogP contribution is -2.50. The van der Waals surface area contributed by atoms with Crippen LogP contribution >= 0.6 is 11.6 Å². The lowest BCUT2D eigenvalue weighted by atomic mass is 9.96. The standard InChI is InChI=1S/C23H26ClN3O3/c24-16-7-5-15(6-8-16)13-27-18-9-10-19(27)12-17(11-18)26-22(28)14-30-21-4-2-1-3-20(21)23(25)29/h1-8,17-19H,9-14H2,(H2,25,29)(H,26,28)/t17?,18-,19+. The number of benzene rings is 2. The Morgan fingerprint density at radius 3 is 2.40 bits per heavy atom. The van der Waals surface area contributed by atoms with E-state index in [0.717, 1.165) is 37.3 Å². The van der Waals surface area contributed by atoms with Gasteiger partial charge in [-0.15, -0.1) is 0 Å². The minimum absolute atomic E-state index is 0.134. The van der Waals surface area contributed by atoms with Crippen molar-refractivity contribution in [3.8, 4) is 5.75 Å². The van der Waals surface area contributed by atoms with Crippen molar-refractivity contribution in [1.29, 1.82) is 0 Å². The third kappa shape index (κ3) is 4.77. The zero-order chi connectivity index (χ0) is 21.1. The molecule has 2 aliphatic heterocycles. The predicted molar refractivity (Wildman–Crippen MR) is 115 cm³/mol. The van der Waals surface area contributed by atoms with Crippen LogP contribution in [0, 0.1) is 0 Å². The average Bonchev–Trinajstić information content (AvgIpc) is 2.96. The number of para-hydroxylation sites is 1. The third-order valence-corrected chi connectivity index (χ3v) is 6.29. The van der Waals surface area contributed by atoms with Crippen LogP contribution in [-0.4, -0.2) is 41.4 Å². The number of amides is 2. The zero-order valence-electron chi connectivity index (χ0n) is 16.7. The van der Waals surface area contributed by atoms with E-state index in [-0.39, 0.29) is 24.1 Å². The molecule has 0 radical (unpaired) electrons. The van der Waals surface area contributed by atoms with Gasteiger partial charge in [0.15, 0.2) is 6.61 Å². The first-order valence-electron chi connectivity index (χ1n) is 10.3. The molecule has 0 aromatic heterocycles. The fraction of sp³-hybridized carbons (Fsp3) is 0.391. The number of rotatable bonds is 7. The molecular weight excluding hydrogens is 402 g/mol. The Labute approximate surface area is 181 Å². The second-order valence-electron chi connectivity index (χ2n) is 8.07. The molecular formula is C23H26ClN3O3. The number of piperidine rings is 1. The van der Waals surface area contributed by atoms with Crippen molar-refractivity contribution < 1.29 is 14.3 Å². The lowest BCUT2D eigenvalue weighted by molar-refractivity contribution is -0.124. The molecule has 0 saturated carbocycles. The van der Waals surface area contributed by atoms with Gasteiger partial charge in [-0.2, -0.15) is 0 Å². The predicted octanol–water partition coefficient (Wildman–Crippen LogP) is 3.13. The highest BCUT2D eigenvalue weighted by Gasteiger charge is 2.40. The third-order valence-electron chi connectivity index (χ3n) is 6.04. The molecule has 2 saturated heterocycles. The van der Waals surface area contributed by atoms with Gasteiger partial charge in [-0.25, -0.2) is 0 Å². The number of halogens is 1. The molecule has 7 heteroatoms. The minimum atomic E-state index is -0.573. The molecule has 2 fully saturated rings. The Kier molecular flexibility index (Phi) is 6.25. The molecule has 158 valence electrons. The fourth-order valence-electron chi connectivity index (χ4n) is 4.66. The Bertz CT molecular complexity index is 904. The van der Waals surface area contributed by atoms with Crippen LogP contribution in [0.5, 0.6) is 5.75 Å². The van der Waals surface area contributed by atoms with Gasteiger partial charge in [0.05, 0.1) is 5.56 Å². The number of nitrogens with two attached hydrogens (primary N) is 1. The number of fused-ring (bicyclic) bond motifs is 2. The number of ether oxygens (including phenoxy) is 1. The molecule has 0 spiro atoms. The lowest BCUT2D eigenvalue weighted by Gasteiger charge is -2.39. The van der Waals surface area contributed by atoms with Gasteiger partial charge < -0.3 is 15.8 Å². The molecule has 2 bridgehead atoms. The van der Waals surface area contributed by atoms with Gasteiger partial charge in [-0.3, -0.25) is 14.5 Å². The highest BCUT2D eigenvalue weighted by molar-refractivity contribution is 6.30. The summed E-state index contributed by atoms with van der Waals surface area (Å²) in [6.45, 7) is 0.783. The van der Waals surface area contributed by atoms with Gasteiger partial charge in [-0.1, -0.05) is 35.9 Å². The molecule has 30 heavy (non-hydrogen) atoms. The van der Waals surface area contributed by atoms with E-state index in [4.69, 9.17) is 22.1 Å². The summed E-state index contributed by atoms with van der Waals surface area (Å²) in [5, 5.41) is 3.86. The molecule has 2 aliphatic rings. The molecule has 2 aromatic carbocycles. The van der Waals surface area contributed by atoms with Gasteiger partial charge in [0, 0.05) is 29.7 Å². The number of carbonyl (C=O) groups excluding carboxylic acids is 2. The van der Waals surface area contributed by atoms with Crippen molar-refractivity contribution >= 4 is 23.4 Å². The summed E-state index contributed by atoms with van der Waals surface area (Å²) in [7, 11) is 0. The number of nitrogens with one attached hydrogen (secondary N) is 1. The second-order valence-corrected chi connectivity index (χ2v) is 8.51. The van der Waals surface area contributed by atoms with E-state index in [2.05, 4.69) is 22.3 Å². The van der Waals surface area contributed by atoms with Crippen LogP contribution in [0.1, 0.15) is 41.6 Å². The molecule has 2 amide bonds. The number of nitrogens with zero attached hydrogens (tertiary/aromatic N) is 1. The molecule has 4 rings (SSSR count). The second kappa shape index (κ2) is 9.06. The number of hydrogen-bond donors (Lipinski definition) is 2. The van der Waals surface area contributed by atoms with Gasteiger partial charge in [0.25, 0.3) is 11.8 Å². The van der Waals surface area contributed by atoms with Gasteiger partial charge in [-0.05, 0) is 55.5 Å². The Morgan fingerprint density at radius 2 is 1.73 bits per heavy atom. The fourth-order valence-corrected chi connectivity index (χ4v) is 4.79. The summed E-state index contributed by atoms with van der Waals surface area (Å²) >= 11 is 5.99. The smallest absolute Gasteiger partial charge is 0.258 e. The Morgan fingerprint density at radius 1 is 1.07 bits per heavy atom. The van der Waals surface area contributed by atoms with E-state index >= 15 is 0 Å². The summed E-state index contributed by atoms with van der Waals surface area (Å²) in [4.78, 5) is 26.5. The van der Waals surface area contributed by atoms with Crippen LogP contribution in [0.2, 0.25) is 5.02 Å². The molecule has 0 aliphatic carbocycles. The molecule has 3 atom stereocenters. The Hall–Kier alpha value is -2.57. The summed E-state index contributed by atoms with van der Waals surface area (Å²) < 4.78 is 5.55. The Balaban J connectivity index is 1.29. The van der Waals surface area contributed by atoms with Crippen LogP contribution < -0.4 is 15.8 Å².